The van der Waals surface area contributed by atoms with Crippen LogP contribution in [0.5, 0.6) is 0 Å². The summed E-state index contributed by atoms with van der Waals surface area (Å²) in [5.41, 5.74) is -0.183. The van der Waals surface area contributed by atoms with Crippen molar-refractivity contribution in [2.75, 3.05) is 5.32 Å². The molecular formula is C16H10F2N2O3. The number of carbonyl (C=O) groups is 1. The molecule has 0 spiro atoms. The second-order valence-electron chi connectivity index (χ2n) is 4.68. The molecule has 0 aliphatic heterocycles. The summed E-state index contributed by atoms with van der Waals surface area (Å²) in [7, 11) is 0. The van der Waals surface area contributed by atoms with Gasteiger partial charge in [-0.1, -0.05) is 18.2 Å². The van der Waals surface area contributed by atoms with Gasteiger partial charge < -0.3 is 14.9 Å². The lowest BCUT2D eigenvalue weighted by Crippen LogP contribution is -2.22. The number of rotatable bonds is 2. The highest BCUT2D eigenvalue weighted by Gasteiger charge is 2.15. The highest BCUT2D eigenvalue weighted by atomic mass is 19.1. The van der Waals surface area contributed by atoms with Crippen LogP contribution in [0.4, 0.5) is 14.5 Å². The summed E-state index contributed by atoms with van der Waals surface area (Å²) in [4.78, 5) is 12.3. The van der Waals surface area contributed by atoms with E-state index in [2.05, 4.69) is 10.5 Å². The molecular weight excluding hydrogens is 306 g/mol. The maximum atomic E-state index is 13.6. The smallest absolute Gasteiger partial charge is 0.268 e. The lowest BCUT2D eigenvalue weighted by molar-refractivity contribution is 0.102. The normalized spacial score (nSPS) is 11.7. The number of nitrogens with zero attached hydrogens (tertiary/aromatic N) is 1. The minimum Gasteiger partial charge on any atom is -0.435 e. The molecule has 1 aromatic heterocycles. The number of hydrogen-bond acceptors (Lipinski definition) is 4. The summed E-state index contributed by atoms with van der Waals surface area (Å²) >= 11 is 0. The molecule has 7 heteroatoms. The highest BCUT2D eigenvalue weighted by molar-refractivity contribution is 6.05. The fourth-order valence-corrected chi connectivity index (χ4v) is 2.09. The van der Waals surface area contributed by atoms with Gasteiger partial charge in [0.1, 0.15) is 22.8 Å². The highest BCUT2D eigenvalue weighted by Crippen LogP contribution is 2.17. The monoisotopic (exact) mass is 316 g/mol. The lowest BCUT2D eigenvalue weighted by Gasteiger charge is -2.07. The van der Waals surface area contributed by atoms with Crippen molar-refractivity contribution in [2.24, 2.45) is 5.16 Å². The fraction of sp³-hybridized carbons (Fsp3) is 0. The van der Waals surface area contributed by atoms with Crippen LogP contribution < -0.4 is 10.9 Å². The summed E-state index contributed by atoms with van der Waals surface area (Å²) in [6.07, 6.45) is 0. The second kappa shape index (κ2) is 5.88. The molecule has 0 fully saturated rings. The number of halogens is 2. The molecule has 0 radical (unpaired) electrons. The standard InChI is InChI=1S/C16H10F2N2O3/c17-10-5-6-13(12(18)8-10)19-15(21)11-7-9-3-1-2-4-14(9)23-16(11)20-22/h1-8,22H,(H,19,21)/b20-16-. The minimum atomic E-state index is -0.918. The predicted molar refractivity (Wildman–Crippen MR) is 77.9 cm³/mol. The summed E-state index contributed by atoms with van der Waals surface area (Å²) < 4.78 is 31.8. The van der Waals surface area contributed by atoms with Gasteiger partial charge in [0.15, 0.2) is 0 Å². The van der Waals surface area contributed by atoms with Crippen LogP contribution in [-0.2, 0) is 0 Å². The van der Waals surface area contributed by atoms with Crippen LogP contribution in [0.2, 0.25) is 0 Å². The molecule has 0 aliphatic rings. The van der Waals surface area contributed by atoms with Gasteiger partial charge in [-0.05, 0) is 29.4 Å². The van der Waals surface area contributed by atoms with Crippen LogP contribution in [-0.4, -0.2) is 11.1 Å². The van der Waals surface area contributed by atoms with Crippen molar-refractivity contribution in [1.29, 1.82) is 0 Å². The predicted octanol–water partition coefficient (Wildman–Crippen LogP) is 3.25. The average molecular weight is 316 g/mol. The summed E-state index contributed by atoms with van der Waals surface area (Å²) in [5.74, 6) is -2.43. The quantitative estimate of drug-likeness (QED) is 0.563. The zero-order valence-electron chi connectivity index (χ0n) is 11.6. The van der Waals surface area contributed by atoms with Gasteiger partial charge in [-0.3, -0.25) is 4.79 Å². The average Bonchev–Trinajstić information content (AvgIpc) is 2.56. The van der Waals surface area contributed by atoms with Gasteiger partial charge in [-0.25, -0.2) is 8.78 Å². The molecule has 0 aliphatic carbocycles. The van der Waals surface area contributed by atoms with E-state index in [0.29, 0.717) is 17.0 Å². The number of amides is 1. The van der Waals surface area contributed by atoms with E-state index in [1.54, 1.807) is 24.3 Å². The molecule has 3 rings (SSSR count). The van der Waals surface area contributed by atoms with Crippen molar-refractivity contribution in [3.8, 4) is 0 Å². The molecule has 1 heterocycles. The Morgan fingerprint density at radius 2 is 1.91 bits per heavy atom. The van der Waals surface area contributed by atoms with Crippen molar-refractivity contribution in [3.05, 3.63) is 71.3 Å². The molecule has 0 saturated carbocycles. The molecule has 3 aromatic rings. The number of nitrogens with one attached hydrogen (secondary N) is 1. The van der Waals surface area contributed by atoms with Gasteiger partial charge in [0.25, 0.3) is 11.5 Å². The summed E-state index contributed by atoms with van der Waals surface area (Å²) in [6.45, 7) is 0. The molecule has 23 heavy (non-hydrogen) atoms. The van der Waals surface area contributed by atoms with Crippen LogP contribution in [0.3, 0.4) is 0 Å². The van der Waals surface area contributed by atoms with Crippen LogP contribution in [0.25, 0.3) is 11.0 Å². The Bertz CT molecular complexity index is 967. The Labute approximate surface area is 128 Å². The zero-order chi connectivity index (χ0) is 16.4. The van der Waals surface area contributed by atoms with Gasteiger partial charge in [-0.15, -0.1) is 0 Å². The Morgan fingerprint density at radius 1 is 1.13 bits per heavy atom. The number of anilines is 1. The number of carbonyl (C=O) groups excluding carboxylic acids is 1. The fourth-order valence-electron chi connectivity index (χ4n) is 2.09. The van der Waals surface area contributed by atoms with E-state index in [9.17, 15) is 13.6 Å². The van der Waals surface area contributed by atoms with Crippen molar-refractivity contribution >= 4 is 22.6 Å². The number of para-hydroxylation sites is 1. The maximum absolute atomic E-state index is 13.6. The molecule has 0 unspecified atom stereocenters. The van der Waals surface area contributed by atoms with Crippen molar-refractivity contribution in [2.45, 2.75) is 0 Å². The number of hydrogen-bond donors (Lipinski definition) is 2. The van der Waals surface area contributed by atoms with E-state index in [1.807, 2.05) is 0 Å². The van der Waals surface area contributed by atoms with E-state index in [-0.39, 0.29) is 16.8 Å². The number of fused-ring (bicyclic) bond motifs is 1. The van der Waals surface area contributed by atoms with Crippen LogP contribution in [0.15, 0.2) is 58.1 Å². The SMILES string of the molecule is O=C(Nc1ccc(F)cc1F)c1cc2ccccc2o/c1=N\O. The lowest BCUT2D eigenvalue weighted by atomic mass is 10.1. The van der Waals surface area contributed by atoms with Crippen molar-refractivity contribution in [3.63, 3.8) is 0 Å². The van der Waals surface area contributed by atoms with Gasteiger partial charge in [-0.2, -0.15) is 0 Å². The third-order valence-corrected chi connectivity index (χ3v) is 3.17. The Balaban J connectivity index is 2.03. The molecule has 116 valence electrons. The van der Waals surface area contributed by atoms with E-state index >= 15 is 0 Å². The third-order valence-electron chi connectivity index (χ3n) is 3.17. The van der Waals surface area contributed by atoms with Gasteiger partial charge in [0, 0.05) is 11.5 Å². The molecule has 0 bridgehead atoms. The molecule has 2 N–H and O–H groups in total. The Hall–Kier alpha value is -3.22. The molecule has 0 atom stereocenters. The van der Waals surface area contributed by atoms with E-state index in [4.69, 9.17) is 9.62 Å². The van der Waals surface area contributed by atoms with E-state index in [0.717, 1.165) is 12.1 Å². The minimum absolute atomic E-state index is 0.0880. The first kappa shape index (κ1) is 14.7. The van der Waals surface area contributed by atoms with E-state index < -0.39 is 17.5 Å². The summed E-state index contributed by atoms with van der Waals surface area (Å²) in [5, 5.41) is 14.8. The topological polar surface area (TPSA) is 74.8 Å². The first-order valence-corrected chi connectivity index (χ1v) is 6.56. The van der Waals surface area contributed by atoms with Crippen molar-refractivity contribution in [1.82, 2.24) is 0 Å². The Kier molecular flexibility index (Phi) is 3.76. The largest absolute Gasteiger partial charge is 0.435 e. The van der Waals surface area contributed by atoms with Gasteiger partial charge in [0.05, 0.1) is 5.69 Å². The zero-order valence-corrected chi connectivity index (χ0v) is 11.6. The third kappa shape index (κ3) is 2.89. The molecule has 2 aromatic carbocycles. The molecule has 0 saturated heterocycles. The first-order chi connectivity index (χ1) is 11.1. The van der Waals surface area contributed by atoms with Gasteiger partial charge >= 0.3 is 0 Å². The van der Waals surface area contributed by atoms with Crippen LogP contribution in [0, 0.1) is 11.6 Å². The van der Waals surface area contributed by atoms with Crippen LogP contribution in [0.1, 0.15) is 10.4 Å². The number of benzene rings is 2. The van der Waals surface area contributed by atoms with Crippen LogP contribution >= 0.6 is 0 Å². The summed E-state index contributed by atoms with van der Waals surface area (Å²) in [6, 6.07) is 11.0. The maximum Gasteiger partial charge on any atom is 0.268 e. The molecule has 1 amide bonds. The van der Waals surface area contributed by atoms with E-state index in [1.165, 1.54) is 6.07 Å². The molecule has 5 nitrogen and oxygen atoms in total. The Morgan fingerprint density at radius 3 is 2.65 bits per heavy atom. The second-order valence-corrected chi connectivity index (χ2v) is 4.68. The first-order valence-electron chi connectivity index (χ1n) is 6.56. The van der Waals surface area contributed by atoms with Gasteiger partial charge in [0.2, 0.25) is 0 Å². The van der Waals surface area contributed by atoms with Crippen molar-refractivity contribution < 1.29 is 23.2 Å².